The fourth-order valence-electron chi connectivity index (χ4n) is 1.65. The van der Waals surface area contributed by atoms with Crippen molar-refractivity contribution in [1.29, 1.82) is 0 Å². The van der Waals surface area contributed by atoms with Gasteiger partial charge in [0.25, 0.3) is 5.91 Å². The van der Waals surface area contributed by atoms with E-state index in [1.54, 1.807) is 36.2 Å². The van der Waals surface area contributed by atoms with E-state index in [4.69, 9.17) is 23.2 Å². The van der Waals surface area contributed by atoms with Crippen LogP contribution in [0.5, 0.6) is 0 Å². The van der Waals surface area contributed by atoms with Crippen molar-refractivity contribution in [3.8, 4) is 0 Å². The van der Waals surface area contributed by atoms with Gasteiger partial charge in [-0.25, -0.2) is 0 Å². The first-order valence-electron chi connectivity index (χ1n) is 5.68. The van der Waals surface area contributed by atoms with Crippen molar-refractivity contribution in [3.05, 3.63) is 63.9 Å². The number of amides is 1. The maximum Gasteiger partial charge on any atom is 0.272 e. The van der Waals surface area contributed by atoms with Crippen LogP contribution in [0.15, 0.2) is 42.6 Å². The average Bonchev–Trinajstić information content (AvgIpc) is 2.40. The highest BCUT2D eigenvalue weighted by Gasteiger charge is 2.13. The van der Waals surface area contributed by atoms with Crippen molar-refractivity contribution in [2.45, 2.75) is 6.54 Å². The van der Waals surface area contributed by atoms with Crippen molar-refractivity contribution in [1.82, 2.24) is 9.88 Å². The molecule has 0 N–H and O–H groups in total. The molecule has 0 unspecified atom stereocenters. The fourth-order valence-corrected chi connectivity index (χ4v) is 1.94. The lowest BCUT2D eigenvalue weighted by atomic mass is 10.2. The highest BCUT2D eigenvalue weighted by Crippen LogP contribution is 2.13. The Bertz CT molecular complexity index is 584. The molecular weight excluding hydrogens is 283 g/mol. The molecule has 0 radical (unpaired) electrons. The summed E-state index contributed by atoms with van der Waals surface area (Å²) in [5, 5.41) is 1.17. The van der Waals surface area contributed by atoms with Gasteiger partial charge in [0, 0.05) is 29.8 Å². The molecule has 0 spiro atoms. The zero-order chi connectivity index (χ0) is 13.8. The number of hydrogen-bond acceptors (Lipinski definition) is 2. The van der Waals surface area contributed by atoms with Crippen molar-refractivity contribution >= 4 is 29.1 Å². The number of pyridine rings is 1. The first-order valence-corrected chi connectivity index (χ1v) is 6.43. The van der Waals surface area contributed by atoms with Crippen molar-refractivity contribution in [2.24, 2.45) is 0 Å². The van der Waals surface area contributed by atoms with E-state index in [9.17, 15) is 4.79 Å². The predicted molar refractivity (Wildman–Crippen MR) is 76.5 cm³/mol. The third-order valence-electron chi connectivity index (χ3n) is 2.62. The van der Waals surface area contributed by atoms with Gasteiger partial charge in [-0.2, -0.15) is 0 Å². The minimum atomic E-state index is -0.169. The number of aromatic nitrogens is 1. The Morgan fingerprint density at radius 1 is 1.16 bits per heavy atom. The Labute approximate surface area is 121 Å². The first-order chi connectivity index (χ1) is 9.06. The summed E-state index contributed by atoms with van der Waals surface area (Å²) >= 11 is 11.7. The summed E-state index contributed by atoms with van der Waals surface area (Å²) in [6.07, 6.45) is 1.52. The summed E-state index contributed by atoms with van der Waals surface area (Å²) in [5.41, 5.74) is 1.34. The van der Waals surface area contributed by atoms with E-state index in [0.717, 1.165) is 5.56 Å². The second-order valence-electron chi connectivity index (χ2n) is 4.15. The van der Waals surface area contributed by atoms with Crippen LogP contribution in [0.2, 0.25) is 10.0 Å². The normalized spacial score (nSPS) is 10.3. The zero-order valence-electron chi connectivity index (χ0n) is 10.3. The van der Waals surface area contributed by atoms with Crippen LogP contribution in [-0.4, -0.2) is 22.8 Å². The molecule has 3 nitrogen and oxygen atoms in total. The lowest BCUT2D eigenvalue weighted by Crippen LogP contribution is -2.26. The van der Waals surface area contributed by atoms with Crippen molar-refractivity contribution in [2.75, 3.05) is 7.05 Å². The van der Waals surface area contributed by atoms with Gasteiger partial charge in [0.05, 0.1) is 0 Å². The Hall–Kier alpha value is -1.58. The Kier molecular flexibility index (Phi) is 4.40. The summed E-state index contributed by atoms with van der Waals surface area (Å²) in [6.45, 7) is 0.490. The molecule has 0 saturated carbocycles. The van der Waals surface area contributed by atoms with Crippen LogP contribution in [0, 0.1) is 0 Å². The van der Waals surface area contributed by atoms with Crippen LogP contribution < -0.4 is 0 Å². The second-order valence-corrected chi connectivity index (χ2v) is 5.02. The Balaban J connectivity index is 2.09. The van der Waals surface area contributed by atoms with Gasteiger partial charge in [-0.05, 0) is 29.8 Å². The van der Waals surface area contributed by atoms with E-state index in [2.05, 4.69) is 4.98 Å². The number of benzene rings is 1. The molecule has 1 heterocycles. The van der Waals surface area contributed by atoms with Crippen LogP contribution in [0.1, 0.15) is 16.1 Å². The van der Waals surface area contributed by atoms with Crippen LogP contribution in [0.3, 0.4) is 0 Å². The molecule has 0 aliphatic rings. The van der Waals surface area contributed by atoms with Gasteiger partial charge in [-0.1, -0.05) is 35.3 Å². The maximum atomic E-state index is 12.1. The Morgan fingerprint density at radius 3 is 2.47 bits per heavy atom. The van der Waals surface area contributed by atoms with E-state index in [1.807, 2.05) is 12.1 Å². The molecule has 0 aliphatic heterocycles. The predicted octanol–water partition coefficient (Wildman–Crippen LogP) is 3.66. The van der Waals surface area contributed by atoms with Crippen LogP contribution >= 0.6 is 23.2 Å². The highest BCUT2D eigenvalue weighted by molar-refractivity contribution is 6.31. The molecule has 0 bridgehead atoms. The molecule has 2 rings (SSSR count). The van der Waals surface area contributed by atoms with Gasteiger partial charge in [0.2, 0.25) is 0 Å². The monoisotopic (exact) mass is 294 g/mol. The number of nitrogens with zero attached hydrogens (tertiary/aromatic N) is 2. The average molecular weight is 295 g/mol. The second kappa shape index (κ2) is 6.04. The van der Waals surface area contributed by atoms with E-state index >= 15 is 0 Å². The standard InChI is InChI=1S/C14H12Cl2N2O/c1-18(9-10-2-4-11(15)5-3-10)14(19)13-8-12(16)6-7-17-13/h2-8H,9H2,1H3. The minimum absolute atomic E-state index is 0.169. The number of rotatable bonds is 3. The molecule has 0 fully saturated rings. The first kappa shape index (κ1) is 13.8. The topological polar surface area (TPSA) is 33.2 Å². The third kappa shape index (κ3) is 3.69. The van der Waals surface area contributed by atoms with Gasteiger partial charge in [0.15, 0.2) is 0 Å². The maximum absolute atomic E-state index is 12.1. The zero-order valence-corrected chi connectivity index (χ0v) is 11.8. The van der Waals surface area contributed by atoms with E-state index in [0.29, 0.717) is 22.3 Å². The minimum Gasteiger partial charge on any atom is -0.336 e. The van der Waals surface area contributed by atoms with Crippen LogP contribution in [0.25, 0.3) is 0 Å². The third-order valence-corrected chi connectivity index (χ3v) is 3.11. The summed E-state index contributed by atoms with van der Waals surface area (Å²) < 4.78 is 0. The van der Waals surface area contributed by atoms with E-state index in [1.165, 1.54) is 6.20 Å². The lowest BCUT2D eigenvalue weighted by molar-refractivity contribution is 0.0779. The quantitative estimate of drug-likeness (QED) is 0.865. The lowest BCUT2D eigenvalue weighted by Gasteiger charge is -2.16. The molecule has 98 valence electrons. The number of hydrogen-bond donors (Lipinski definition) is 0. The fraction of sp³-hybridized carbons (Fsp3) is 0.143. The number of carbonyl (C=O) groups is 1. The number of carbonyl (C=O) groups excluding carboxylic acids is 1. The van der Waals surface area contributed by atoms with Gasteiger partial charge in [0.1, 0.15) is 5.69 Å². The Morgan fingerprint density at radius 2 is 1.84 bits per heavy atom. The number of halogens is 2. The van der Waals surface area contributed by atoms with Crippen molar-refractivity contribution < 1.29 is 4.79 Å². The summed E-state index contributed by atoms with van der Waals surface area (Å²) in [7, 11) is 1.72. The molecule has 19 heavy (non-hydrogen) atoms. The van der Waals surface area contributed by atoms with Gasteiger partial charge < -0.3 is 4.90 Å². The van der Waals surface area contributed by atoms with Crippen LogP contribution in [-0.2, 0) is 6.54 Å². The largest absolute Gasteiger partial charge is 0.336 e. The molecule has 0 aliphatic carbocycles. The van der Waals surface area contributed by atoms with E-state index < -0.39 is 0 Å². The molecule has 1 aromatic carbocycles. The van der Waals surface area contributed by atoms with Gasteiger partial charge >= 0.3 is 0 Å². The van der Waals surface area contributed by atoms with E-state index in [-0.39, 0.29) is 5.91 Å². The molecule has 0 atom stereocenters. The molecule has 2 aromatic rings. The van der Waals surface area contributed by atoms with Gasteiger partial charge in [-0.15, -0.1) is 0 Å². The molecular formula is C14H12Cl2N2O. The summed E-state index contributed by atoms with van der Waals surface area (Å²) in [6, 6.07) is 10.6. The smallest absolute Gasteiger partial charge is 0.272 e. The molecule has 1 aromatic heterocycles. The molecule has 0 saturated heterocycles. The highest BCUT2D eigenvalue weighted by atomic mass is 35.5. The molecule has 1 amide bonds. The summed E-state index contributed by atoms with van der Waals surface area (Å²) in [5.74, 6) is -0.169. The van der Waals surface area contributed by atoms with Crippen molar-refractivity contribution in [3.63, 3.8) is 0 Å². The molecule has 5 heteroatoms. The SMILES string of the molecule is CN(Cc1ccc(Cl)cc1)C(=O)c1cc(Cl)ccn1. The summed E-state index contributed by atoms with van der Waals surface area (Å²) in [4.78, 5) is 17.8. The van der Waals surface area contributed by atoms with Gasteiger partial charge in [-0.3, -0.25) is 9.78 Å². The van der Waals surface area contributed by atoms with Crippen LogP contribution in [0.4, 0.5) is 0 Å².